The van der Waals surface area contributed by atoms with Crippen molar-refractivity contribution in [1.82, 2.24) is 4.90 Å². The lowest BCUT2D eigenvalue weighted by Crippen LogP contribution is -2.46. The first-order chi connectivity index (χ1) is 9.45. The number of nitro benzene ring substituents is 1. The number of benzene rings is 1. The highest BCUT2D eigenvalue weighted by molar-refractivity contribution is 5.62. The molecule has 20 heavy (non-hydrogen) atoms. The molecule has 6 heteroatoms. The second kappa shape index (κ2) is 5.76. The van der Waals surface area contributed by atoms with Crippen molar-refractivity contribution in [1.29, 1.82) is 0 Å². The zero-order valence-corrected chi connectivity index (χ0v) is 12.0. The molecule has 1 heterocycles. The third-order valence-corrected chi connectivity index (χ3v) is 3.99. The van der Waals surface area contributed by atoms with Crippen LogP contribution in [-0.2, 0) is 11.3 Å². The van der Waals surface area contributed by atoms with Gasteiger partial charge in [-0.25, -0.2) is 0 Å². The number of nitrogens with zero attached hydrogens (tertiary/aromatic N) is 2. The van der Waals surface area contributed by atoms with Gasteiger partial charge < -0.3 is 10.5 Å². The van der Waals surface area contributed by atoms with E-state index in [0.717, 1.165) is 31.5 Å². The molecule has 1 aromatic rings. The molecule has 0 spiro atoms. The van der Waals surface area contributed by atoms with E-state index in [0.29, 0.717) is 6.54 Å². The molecule has 1 aromatic carbocycles. The maximum absolute atomic E-state index is 10.9. The number of para-hydroxylation sites is 1. The zero-order valence-electron chi connectivity index (χ0n) is 12.0. The lowest BCUT2D eigenvalue weighted by Gasteiger charge is -2.39. The van der Waals surface area contributed by atoms with Crippen LogP contribution in [0.2, 0.25) is 0 Å². The van der Waals surface area contributed by atoms with Crippen molar-refractivity contribution < 1.29 is 9.66 Å². The van der Waals surface area contributed by atoms with Crippen molar-refractivity contribution >= 4 is 11.4 Å². The highest BCUT2D eigenvalue weighted by Gasteiger charge is 2.31. The van der Waals surface area contributed by atoms with Crippen molar-refractivity contribution in [3.8, 4) is 0 Å². The standard InChI is InChI=1S/C14H21N3O3/c1-14(20-2)7-4-8-16(10-14)9-11-5-3-6-12(13(11)15)17(18)19/h3,5-6H,4,7-10,15H2,1-2H3. The minimum atomic E-state index is -0.436. The number of nitrogen functional groups attached to an aromatic ring is 1. The topological polar surface area (TPSA) is 81.6 Å². The number of anilines is 1. The summed E-state index contributed by atoms with van der Waals surface area (Å²) in [5.41, 5.74) is 6.81. The molecule has 1 atom stereocenters. The van der Waals surface area contributed by atoms with Gasteiger partial charge in [-0.1, -0.05) is 12.1 Å². The van der Waals surface area contributed by atoms with E-state index in [1.54, 1.807) is 13.2 Å². The van der Waals surface area contributed by atoms with Gasteiger partial charge >= 0.3 is 0 Å². The number of hydrogen-bond acceptors (Lipinski definition) is 5. The van der Waals surface area contributed by atoms with Crippen LogP contribution in [0.3, 0.4) is 0 Å². The van der Waals surface area contributed by atoms with Gasteiger partial charge in [0.2, 0.25) is 0 Å². The summed E-state index contributed by atoms with van der Waals surface area (Å²) in [5, 5.41) is 10.9. The third-order valence-electron chi connectivity index (χ3n) is 3.99. The van der Waals surface area contributed by atoms with Gasteiger partial charge in [0.25, 0.3) is 5.69 Å². The minimum absolute atomic E-state index is 0.0194. The van der Waals surface area contributed by atoms with Gasteiger partial charge in [-0.2, -0.15) is 0 Å². The van der Waals surface area contributed by atoms with E-state index >= 15 is 0 Å². The van der Waals surface area contributed by atoms with E-state index in [4.69, 9.17) is 10.5 Å². The molecule has 1 fully saturated rings. The highest BCUT2D eigenvalue weighted by atomic mass is 16.6. The molecule has 0 aromatic heterocycles. The van der Waals surface area contributed by atoms with Crippen LogP contribution in [0.25, 0.3) is 0 Å². The molecule has 1 aliphatic rings. The first-order valence-electron chi connectivity index (χ1n) is 6.74. The van der Waals surface area contributed by atoms with Crippen LogP contribution in [0.5, 0.6) is 0 Å². The van der Waals surface area contributed by atoms with Gasteiger partial charge in [0.1, 0.15) is 5.69 Å². The molecule has 0 bridgehead atoms. The number of rotatable bonds is 4. The SMILES string of the molecule is COC1(C)CCCN(Cc2cccc([N+](=O)[O-])c2N)C1. The van der Waals surface area contributed by atoms with Crippen LogP contribution >= 0.6 is 0 Å². The van der Waals surface area contributed by atoms with Crippen molar-refractivity contribution in [3.63, 3.8) is 0 Å². The molecular formula is C14H21N3O3. The summed E-state index contributed by atoms with van der Waals surface area (Å²) in [5.74, 6) is 0. The van der Waals surface area contributed by atoms with Crippen molar-refractivity contribution in [3.05, 3.63) is 33.9 Å². The molecule has 0 radical (unpaired) electrons. The molecule has 1 aliphatic heterocycles. The molecular weight excluding hydrogens is 258 g/mol. The van der Waals surface area contributed by atoms with Crippen LogP contribution in [0.4, 0.5) is 11.4 Å². The normalized spacial score (nSPS) is 23.7. The summed E-state index contributed by atoms with van der Waals surface area (Å²) >= 11 is 0. The van der Waals surface area contributed by atoms with Gasteiger partial charge in [0.05, 0.1) is 10.5 Å². The average molecular weight is 279 g/mol. The van der Waals surface area contributed by atoms with Crippen LogP contribution in [0.1, 0.15) is 25.3 Å². The van der Waals surface area contributed by atoms with Crippen LogP contribution < -0.4 is 5.73 Å². The van der Waals surface area contributed by atoms with Crippen LogP contribution in [-0.4, -0.2) is 35.6 Å². The number of piperidine rings is 1. The Kier molecular flexibility index (Phi) is 4.25. The molecule has 0 aliphatic carbocycles. The fraction of sp³-hybridized carbons (Fsp3) is 0.571. The largest absolute Gasteiger partial charge is 0.393 e. The lowest BCUT2D eigenvalue weighted by atomic mass is 9.94. The van der Waals surface area contributed by atoms with E-state index < -0.39 is 4.92 Å². The molecule has 2 rings (SSSR count). The monoisotopic (exact) mass is 279 g/mol. The molecule has 1 saturated heterocycles. The average Bonchev–Trinajstić information content (AvgIpc) is 2.41. The van der Waals surface area contributed by atoms with Crippen molar-refractivity contribution in [2.75, 3.05) is 25.9 Å². The third kappa shape index (κ3) is 3.08. The maximum Gasteiger partial charge on any atom is 0.292 e. The summed E-state index contributed by atoms with van der Waals surface area (Å²) in [6, 6.07) is 4.97. The number of nitrogens with two attached hydrogens (primary N) is 1. The first kappa shape index (κ1) is 14.7. The summed E-state index contributed by atoms with van der Waals surface area (Å²) in [6.45, 7) is 4.48. The van der Waals surface area contributed by atoms with Crippen LogP contribution in [0.15, 0.2) is 18.2 Å². The summed E-state index contributed by atoms with van der Waals surface area (Å²) in [6.07, 6.45) is 2.09. The van der Waals surface area contributed by atoms with E-state index in [9.17, 15) is 10.1 Å². The molecule has 2 N–H and O–H groups in total. The predicted molar refractivity (Wildman–Crippen MR) is 77.4 cm³/mol. The van der Waals surface area contributed by atoms with Gasteiger partial charge in [-0.15, -0.1) is 0 Å². The number of nitro groups is 1. The van der Waals surface area contributed by atoms with E-state index in [2.05, 4.69) is 11.8 Å². The summed E-state index contributed by atoms with van der Waals surface area (Å²) < 4.78 is 5.56. The van der Waals surface area contributed by atoms with E-state index in [1.165, 1.54) is 6.07 Å². The van der Waals surface area contributed by atoms with Crippen LogP contribution in [0, 0.1) is 10.1 Å². The Morgan fingerprint density at radius 1 is 1.55 bits per heavy atom. The fourth-order valence-electron chi connectivity index (χ4n) is 2.75. The number of methoxy groups -OCH3 is 1. The second-order valence-electron chi connectivity index (χ2n) is 5.58. The molecule has 0 amide bonds. The zero-order chi connectivity index (χ0) is 14.8. The Morgan fingerprint density at radius 2 is 2.30 bits per heavy atom. The predicted octanol–water partition coefficient (Wildman–Crippen LogP) is 2.18. The quantitative estimate of drug-likeness (QED) is 0.519. The van der Waals surface area contributed by atoms with Gasteiger partial charge in [-0.3, -0.25) is 15.0 Å². The Morgan fingerprint density at radius 3 is 2.95 bits per heavy atom. The van der Waals surface area contributed by atoms with E-state index in [1.807, 2.05) is 6.07 Å². The number of likely N-dealkylation sites (tertiary alicyclic amines) is 1. The number of hydrogen-bond donors (Lipinski definition) is 1. The van der Waals surface area contributed by atoms with E-state index in [-0.39, 0.29) is 17.0 Å². The molecule has 110 valence electrons. The lowest BCUT2D eigenvalue weighted by molar-refractivity contribution is -0.384. The Bertz CT molecular complexity index is 506. The summed E-state index contributed by atoms with van der Waals surface area (Å²) in [4.78, 5) is 12.7. The van der Waals surface area contributed by atoms with Crippen molar-refractivity contribution in [2.24, 2.45) is 0 Å². The Hall–Kier alpha value is -1.66. The second-order valence-corrected chi connectivity index (χ2v) is 5.58. The minimum Gasteiger partial charge on any atom is -0.393 e. The van der Waals surface area contributed by atoms with Gasteiger partial charge in [-0.05, 0) is 31.9 Å². The smallest absolute Gasteiger partial charge is 0.292 e. The van der Waals surface area contributed by atoms with Gasteiger partial charge in [0.15, 0.2) is 0 Å². The van der Waals surface area contributed by atoms with Crippen molar-refractivity contribution in [2.45, 2.75) is 31.9 Å². The highest BCUT2D eigenvalue weighted by Crippen LogP contribution is 2.29. The first-order valence-corrected chi connectivity index (χ1v) is 6.74. The summed E-state index contributed by atoms with van der Waals surface area (Å²) in [7, 11) is 1.73. The Labute approximate surface area is 118 Å². The molecule has 6 nitrogen and oxygen atoms in total. The number of ether oxygens (including phenoxy) is 1. The Balaban J connectivity index is 2.14. The maximum atomic E-state index is 10.9. The molecule has 1 unspecified atom stereocenters. The fourth-order valence-corrected chi connectivity index (χ4v) is 2.75. The molecule has 0 saturated carbocycles. The van der Waals surface area contributed by atoms with Gasteiger partial charge in [0, 0.05) is 26.3 Å².